The molecule has 0 radical (unpaired) electrons. The minimum atomic E-state index is 0.667. The molecule has 8 heavy (non-hydrogen) atoms. The van der Waals surface area contributed by atoms with Crippen molar-refractivity contribution in [3.05, 3.63) is 10.6 Å². The monoisotopic (exact) mass is 177 g/mol. The van der Waals surface area contributed by atoms with Gasteiger partial charge < -0.3 is 0 Å². The normalized spacial score (nSPS) is 21.9. The number of hydrogen-bond acceptors (Lipinski definition) is 2. The van der Waals surface area contributed by atoms with Crippen LogP contribution in [-0.4, -0.2) is 13.2 Å². The summed E-state index contributed by atoms with van der Waals surface area (Å²) in [5.74, 6) is 0. The van der Waals surface area contributed by atoms with Gasteiger partial charge in [0.2, 0.25) is 0 Å². The van der Waals surface area contributed by atoms with Crippen molar-refractivity contribution in [2.24, 2.45) is 0 Å². The highest BCUT2D eigenvalue weighted by molar-refractivity contribution is 9.11. The average Bonchev–Trinajstić information content (AvgIpc) is 1.94. The molecule has 0 saturated carbocycles. The van der Waals surface area contributed by atoms with Gasteiger partial charge in [0.25, 0.3) is 0 Å². The van der Waals surface area contributed by atoms with Gasteiger partial charge in [0.1, 0.15) is 0 Å². The minimum Gasteiger partial charge on any atom is -0.298 e. The van der Waals surface area contributed by atoms with E-state index in [1.165, 1.54) is 4.48 Å². The fourth-order valence-corrected chi connectivity index (χ4v) is 0.866. The Morgan fingerprint density at radius 2 is 2.62 bits per heavy atom. The van der Waals surface area contributed by atoms with Crippen LogP contribution in [0.15, 0.2) is 10.6 Å². The molecule has 0 spiro atoms. The van der Waals surface area contributed by atoms with E-state index in [0.717, 1.165) is 13.0 Å². The van der Waals surface area contributed by atoms with E-state index in [9.17, 15) is 0 Å². The van der Waals surface area contributed by atoms with E-state index in [1.807, 2.05) is 6.08 Å². The Morgan fingerprint density at radius 1 is 1.75 bits per heavy atom. The summed E-state index contributed by atoms with van der Waals surface area (Å²) in [6.07, 6.45) is 3.04. The minimum absolute atomic E-state index is 0.667. The van der Waals surface area contributed by atoms with Crippen LogP contribution in [0, 0.1) is 0 Å². The van der Waals surface area contributed by atoms with Gasteiger partial charge in [-0.25, -0.2) is 5.48 Å². The van der Waals surface area contributed by atoms with E-state index < -0.39 is 0 Å². The van der Waals surface area contributed by atoms with Crippen LogP contribution in [0.25, 0.3) is 0 Å². The van der Waals surface area contributed by atoms with Crippen molar-refractivity contribution in [3.63, 3.8) is 0 Å². The molecular weight excluding hydrogens is 170 g/mol. The second kappa shape index (κ2) is 3.22. The molecule has 1 N–H and O–H groups in total. The van der Waals surface area contributed by atoms with Crippen LogP contribution < -0.4 is 5.48 Å². The highest BCUT2D eigenvalue weighted by atomic mass is 79.9. The van der Waals surface area contributed by atoms with Crippen LogP contribution in [0.3, 0.4) is 0 Å². The van der Waals surface area contributed by atoms with Crippen molar-refractivity contribution in [1.82, 2.24) is 5.48 Å². The zero-order valence-corrected chi connectivity index (χ0v) is 6.07. The Hall–Kier alpha value is 0.140. The summed E-state index contributed by atoms with van der Waals surface area (Å²) >= 11 is 3.38. The molecule has 1 heterocycles. The molecule has 0 fully saturated rings. The van der Waals surface area contributed by atoms with Crippen LogP contribution in [0.1, 0.15) is 6.42 Å². The Bertz CT molecular complexity index is 103. The summed E-state index contributed by atoms with van der Waals surface area (Å²) in [7, 11) is 0. The molecule has 0 saturated heterocycles. The summed E-state index contributed by atoms with van der Waals surface area (Å²) in [4.78, 5) is 4.91. The summed E-state index contributed by atoms with van der Waals surface area (Å²) in [5.41, 5.74) is 2.80. The summed E-state index contributed by atoms with van der Waals surface area (Å²) in [5, 5.41) is 0. The lowest BCUT2D eigenvalue weighted by atomic mass is 10.4. The van der Waals surface area contributed by atoms with Gasteiger partial charge in [0, 0.05) is 6.54 Å². The standard InChI is InChI=1S/C5H8BrNO/c6-5-1-3-7-8-4-2-5/h2,7H,1,3-4H2. The fraction of sp³-hybridized carbons (Fsp3) is 0.600. The van der Waals surface area contributed by atoms with Gasteiger partial charge in [0.15, 0.2) is 0 Å². The largest absolute Gasteiger partial charge is 0.298 e. The first kappa shape index (κ1) is 6.26. The quantitative estimate of drug-likeness (QED) is 0.601. The Kier molecular flexibility index (Phi) is 2.52. The maximum Gasteiger partial charge on any atom is 0.0874 e. The van der Waals surface area contributed by atoms with Crippen molar-refractivity contribution >= 4 is 15.9 Å². The van der Waals surface area contributed by atoms with Crippen molar-refractivity contribution in [2.45, 2.75) is 6.42 Å². The number of nitrogens with one attached hydrogen (secondary N) is 1. The molecule has 0 aliphatic carbocycles. The van der Waals surface area contributed by atoms with Crippen LogP contribution in [0.5, 0.6) is 0 Å². The topological polar surface area (TPSA) is 21.3 Å². The van der Waals surface area contributed by atoms with Gasteiger partial charge in [0.05, 0.1) is 6.61 Å². The highest BCUT2D eigenvalue weighted by Gasteiger charge is 1.95. The SMILES string of the molecule is BrC1=CCONCC1. The average molecular weight is 178 g/mol. The molecule has 0 aromatic rings. The second-order valence-corrected chi connectivity index (χ2v) is 2.62. The van der Waals surface area contributed by atoms with E-state index in [2.05, 4.69) is 21.4 Å². The molecule has 2 nitrogen and oxygen atoms in total. The molecule has 0 aromatic carbocycles. The molecular formula is C5H8BrNO. The van der Waals surface area contributed by atoms with Crippen LogP contribution in [-0.2, 0) is 4.84 Å². The highest BCUT2D eigenvalue weighted by Crippen LogP contribution is 2.09. The van der Waals surface area contributed by atoms with Gasteiger partial charge in [-0.15, -0.1) is 0 Å². The Morgan fingerprint density at radius 3 is 3.50 bits per heavy atom. The van der Waals surface area contributed by atoms with Crippen LogP contribution in [0.2, 0.25) is 0 Å². The summed E-state index contributed by atoms with van der Waals surface area (Å²) < 4.78 is 1.22. The molecule has 0 amide bonds. The molecule has 46 valence electrons. The lowest BCUT2D eigenvalue weighted by Gasteiger charge is -1.94. The maximum absolute atomic E-state index is 4.91. The van der Waals surface area contributed by atoms with Gasteiger partial charge >= 0.3 is 0 Å². The number of hydroxylamine groups is 1. The molecule has 0 bridgehead atoms. The molecule has 1 aliphatic rings. The molecule has 0 atom stereocenters. The summed E-state index contributed by atoms with van der Waals surface area (Å²) in [6.45, 7) is 1.57. The molecule has 1 aliphatic heterocycles. The van der Waals surface area contributed by atoms with E-state index in [-0.39, 0.29) is 0 Å². The molecule has 1 rings (SSSR count). The lowest BCUT2D eigenvalue weighted by Crippen LogP contribution is -2.13. The van der Waals surface area contributed by atoms with Gasteiger partial charge in [-0.1, -0.05) is 15.9 Å². The first-order chi connectivity index (χ1) is 3.89. The van der Waals surface area contributed by atoms with E-state index >= 15 is 0 Å². The molecule has 0 unspecified atom stereocenters. The lowest BCUT2D eigenvalue weighted by molar-refractivity contribution is 0.0678. The fourth-order valence-electron chi connectivity index (χ4n) is 0.536. The Balaban J connectivity index is 2.36. The number of rotatable bonds is 0. The van der Waals surface area contributed by atoms with Gasteiger partial charge in [-0.2, -0.15) is 0 Å². The zero-order valence-electron chi connectivity index (χ0n) is 4.48. The first-order valence-corrected chi connectivity index (χ1v) is 3.38. The van der Waals surface area contributed by atoms with E-state index in [4.69, 9.17) is 4.84 Å². The third-order valence-electron chi connectivity index (χ3n) is 0.956. The number of hydrogen-bond donors (Lipinski definition) is 1. The third-order valence-corrected chi connectivity index (χ3v) is 1.68. The van der Waals surface area contributed by atoms with Crippen molar-refractivity contribution in [2.75, 3.05) is 13.2 Å². The van der Waals surface area contributed by atoms with Crippen molar-refractivity contribution in [3.8, 4) is 0 Å². The van der Waals surface area contributed by atoms with Gasteiger partial charge in [-0.3, -0.25) is 4.84 Å². The predicted octanol–water partition coefficient (Wildman–Crippen LogP) is 1.19. The maximum atomic E-state index is 4.91. The third kappa shape index (κ3) is 1.94. The first-order valence-electron chi connectivity index (χ1n) is 2.59. The van der Waals surface area contributed by atoms with Crippen molar-refractivity contribution < 1.29 is 4.84 Å². The second-order valence-electron chi connectivity index (χ2n) is 1.61. The smallest absolute Gasteiger partial charge is 0.0874 e. The van der Waals surface area contributed by atoms with E-state index in [0.29, 0.717) is 6.61 Å². The van der Waals surface area contributed by atoms with Crippen LogP contribution in [0.4, 0.5) is 0 Å². The molecule has 3 heteroatoms. The van der Waals surface area contributed by atoms with Gasteiger partial charge in [-0.05, 0) is 17.0 Å². The predicted molar refractivity (Wildman–Crippen MR) is 35.6 cm³/mol. The number of halogens is 1. The van der Waals surface area contributed by atoms with Crippen LogP contribution >= 0.6 is 15.9 Å². The van der Waals surface area contributed by atoms with Crippen molar-refractivity contribution in [1.29, 1.82) is 0 Å². The Labute approximate surface area is 57.0 Å². The molecule has 0 aromatic heterocycles. The zero-order chi connectivity index (χ0) is 5.82. The summed E-state index contributed by atoms with van der Waals surface area (Å²) in [6, 6.07) is 0. The van der Waals surface area contributed by atoms with E-state index in [1.54, 1.807) is 0 Å².